The monoisotopic (exact) mass is 219 g/mol. The summed E-state index contributed by atoms with van der Waals surface area (Å²) < 4.78 is 0. The van der Waals surface area contributed by atoms with Crippen LogP contribution in [-0.4, -0.2) is 28.6 Å². The van der Waals surface area contributed by atoms with Gasteiger partial charge in [-0.05, 0) is 24.5 Å². The van der Waals surface area contributed by atoms with Gasteiger partial charge in [-0.3, -0.25) is 4.79 Å². The first-order valence-electron chi connectivity index (χ1n) is 5.69. The minimum atomic E-state index is -0.551. The Labute approximate surface area is 95.7 Å². The third-order valence-corrected chi connectivity index (χ3v) is 2.95. The Morgan fingerprint density at radius 3 is 2.81 bits per heavy atom. The fourth-order valence-electron chi connectivity index (χ4n) is 2.09. The van der Waals surface area contributed by atoms with E-state index in [1.807, 2.05) is 17.0 Å². The van der Waals surface area contributed by atoms with E-state index in [-0.39, 0.29) is 12.3 Å². The van der Waals surface area contributed by atoms with E-state index in [0.29, 0.717) is 6.54 Å². The molecule has 1 N–H and O–H groups in total. The molecule has 1 aromatic carbocycles. The van der Waals surface area contributed by atoms with E-state index >= 15 is 0 Å². The SMILES string of the molecule is CC(O)CC(=O)N1CCc2ccccc2C1. The molecular weight excluding hydrogens is 202 g/mol. The second-order valence-electron chi connectivity index (χ2n) is 4.39. The number of fused-ring (bicyclic) bond motifs is 1. The van der Waals surface area contributed by atoms with Crippen molar-refractivity contribution < 1.29 is 9.90 Å². The molecule has 1 heterocycles. The molecule has 16 heavy (non-hydrogen) atoms. The molecule has 0 saturated carbocycles. The molecular formula is C13H17NO2. The standard InChI is InChI=1S/C13H17NO2/c1-10(15)8-13(16)14-7-6-11-4-2-3-5-12(11)9-14/h2-5,10,15H,6-9H2,1H3. The highest BCUT2D eigenvalue weighted by Gasteiger charge is 2.20. The number of hydrogen-bond acceptors (Lipinski definition) is 2. The van der Waals surface area contributed by atoms with Crippen LogP contribution in [0.15, 0.2) is 24.3 Å². The summed E-state index contributed by atoms with van der Waals surface area (Å²) in [6.07, 6.45) is 0.592. The Bertz CT molecular complexity index is 387. The normalized spacial score (nSPS) is 16.8. The molecule has 1 atom stereocenters. The molecule has 86 valence electrons. The van der Waals surface area contributed by atoms with Crippen molar-refractivity contribution >= 4 is 5.91 Å². The molecule has 1 aromatic rings. The second kappa shape index (κ2) is 4.66. The Hall–Kier alpha value is -1.35. The Balaban J connectivity index is 2.05. The zero-order chi connectivity index (χ0) is 11.5. The molecule has 0 aromatic heterocycles. The minimum Gasteiger partial charge on any atom is -0.393 e. The van der Waals surface area contributed by atoms with Crippen LogP contribution in [0.4, 0.5) is 0 Å². The molecule has 1 amide bonds. The van der Waals surface area contributed by atoms with Crippen molar-refractivity contribution in [3.05, 3.63) is 35.4 Å². The van der Waals surface area contributed by atoms with Crippen LogP contribution in [0.5, 0.6) is 0 Å². The summed E-state index contributed by atoms with van der Waals surface area (Å²) in [5.41, 5.74) is 2.57. The molecule has 1 unspecified atom stereocenters. The summed E-state index contributed by atoms with van der Waals surface area (Å²) in [7, 11) is 0. The van der Waals surface area contributed by atoms with Crippen LogP contribution in [0.1, 0.15) is 24.5 Å². The lowest BCUT2D eigenvalue weighted by molar-refractivity contribution is -0.133. The molecule has 3 heteroatoms. The highest BCUT2D eigenvalue weighted by atomic mass is 16.3. The molecule has 0 radical (unpaired) electrons. The Kier molecular flexibility index (Phi) is 3.25. The van der Waals surface area contributed by atoms with Gasteiger partial charge in [0.1, 0.15) is 0 Å². The average molecular weight is 219 g/mol. The van der Waals surface area contributed by atoms with Gasteiger partial charge < -0.3 is 10.0 Å². The van der Waals surface area contributed by atoms with Crippen molar-refractivity contribution in [3.8, 4) is 0 Å². The van der Waals surface area contributed by atoms with Crippen molar-refractivity contribution in [2.45, 2.75) is 32.4 Å². The third-order valence-electron chi connectivity index (χ3n) is 2.95. The Morgan fingerprint density at radius 2 is 2.12 bits per heavy atom. The molecule has 0 bridgehead atoms. The molecule has 0 spiro atoms. The molecule has 1 aliphatic rings. The van der Waals surface area contributed by atoms with Gasteiger partial charge >= 0.3 is 0 Å². The molecule has 3 nitrogen and oxygen atoms in total. The summed E-state index contributed by atoms with van der Waals surface area (Å²) >= 11 is 0. The van der Waals surface area contributed by atoms with Gasteiger partial charge in [0.25, 0.3) is 0 Å². The molecule has 2 rings (SSSR count). The largest absolute Gasteiger partial charge is 0.393 e. The summed E-state index contributed by atoms with van der Waals surface area (Å²) in [5, 5.41) is 9.20. The van der Waals surface area contributed by atoms with Gasteiger partial charge in [0.15, 0.2) is 0 Å². The van der Waals surface area contributed by atoms with Crippen LogP contribution in [0.3, 0.4) is 0 Å². The average Bonchev–Trinajstić information content (AvgIpc) is 2.27. The first kappa shape index (κ1) is 11.1. The van der Waals surface area contributed by atoms with E-state index in [1.54, 1.807) is 6.92 Å². The number of carbonyl (C=O) groups is 1. The van der Waals surface area contributed by atoms with Gasteiger partial charge in [0, 0.05) is 13.1 Å². The fourth-order valence-corrected chi connectivity index (χ4v) is 2.09. The van der Waals surface area contributed by atoms with Crippen LogP contribution in [0.2, 0.25) is 0 Å². The molecule has 1 aliphatic heterocycles. The quantitative estimate of drug-likeness (QED) is 0.815. The van der Waals surface area contributed by atoms with Gasteiger partial charge in [-0.1, -0.05) is 24.3 Å². The summed E-state index contributed by atoms with van der Waals surface area (Å²) in [6.45, 7) is 3.10. The molecule has 0 saturated heterocycles. The van der Waals surface area contributed by atoms with Gasteiger partial charge in [-0.25, -0.2) is 0 Å². The summed E-state index contributed by atoms with van der Waals surface area (Å²) in [6, 6.07) is 8.22. The van der Waals surface area contributed by atoms with Gasteiger partial charge in [0.2, 0.25) is 5.91 Å². The van der Waals surface area contributed by atoms with Crippen molar-refractivity contribution in [1.82, 2.24) is 4.90 Å². The smallest absolute Gasteiger partial charge is 0.225 e. The Morgan fingerprint density at radius 1 is 1.44 bits per heavy atom. The minimum absolute atomic E-state index is 0.0458. The molecule has 0 fully saturated rings. The van der Waals surface area contributed by atoms with Gasteiger partial charge in [0.05, 0.1) is 12.5 Å². The number of benzene rings is 1. The van der Waals surface area contributed by atoms with Crippen LogP contribution >= 0.6 is 0 Å². The van der Waals surface area contributed by atoms with Crippen molar-refractivity contribution in [1.29, 1.82) is 0 Å². The van der Waals surface area contributed by atoms with Crippen LogP contribution in [-0.2, 0) is 17.8 Å². The summed E-state index contributed by atoms with van der Waals surface area (Å²) in [4.78, 5) is 13.6. The maximum atomic E-state index is 11.8. The highest BCUT2D eigenvalue weighted by molar-refractivity contribution is 5.77. The number of aliphatic hydroxyl groups is 1. The van der Waals surface area contributed by atoms with E-state index in [9.17, 15) is 9.90 Å². The van der Waals surface area contributed by atoms with E-state index in [2.05, 4.69) is 12.1 Å². The van der Waals surface area contributed by atoms with Crippen molar-refractivity contribution in [2.24, 2.45) is 0 Å². The van der Waals surface area contributed by atoms with Crippen molar-refractivity contribution in [3.63, 3.8) is 0 Å². The third kappa shape index (κ3) is 2.42. The van der Waals surface area contributed by atoms with Gasteiger partial charge in [-0.15, -0.1) is 0 Å². The first-order valence-corrected chi connectivity index (χ1v) is 5.69. The van der Waals surface area contributed by atoms with E-state index in [4.69, 9.17) is 0 Å². The van der Waals surface area contributed by atoms with E-state index < -0.39 is 6.10 Å². The number of hydrogen-bond donors (Lipinski definition) is 1. The predicted molar refractivity (Wildman–Crippen MR) is 61.9 cm³/mol. The number of aliphatic hydroxyl groups excluding tert-OH is 1. The predicted octanol–water partition coefficient (Wildman–Crippen LogP) is 1.34. The van der Waals surface area contributed by atoms with Gasteiger partial charge in [-0.2, -0.15) is 0 Å². The molecule has 0 aliphatic carbocycles. The highest BCUT2D eigenvalue weighted by Crippen LogP contribution is 2.19. The zero-order valence-electron chi connectivity index (χ0n) is 9.52. The number of carbonyl (C=O) groups excluding carboxylic acids is 1. The topological polar surface area (TPSA) is 40.5 Å². The number of rotatable bonds is 2. The summed E-state index contributed by atoms with van der Waals surface area (Å²) in [5.74, 6) is 0.0458. The van der Waals surface area contributed by atoms with Crippen LogP contribution < -0.4 is 0 Å². The van der Waals surface area contributed by atoms with E-state index in [1.165, 1.54) is 11.1 Å². The van der Waals surface area contributed by atoms with Crippen LogP contribution in [0, 0.1) is 0 Å². The number of amides is 1. The van der Waals surface area contributed by atoms with Crippen molar-refractivity contribution in [2.75, 3.05) is 6.54 Å². The maximum Gasteiger partial charge on any atom is 0.225 e. The lowest BCUT2D eigenvalue weighted by Gasteiger charge is -2.29. The van der Waals surface area contributed by atoms with Crippen LogP contribution in [0.25, 0.3) is 0 Å². The van der Waals surface area contributed by atoms with E-state index in [0.717, 1.165) is 13.0 Å². The zero-order valence-corrected chi connectivity index (χ0v) is 9.52. The second-order valence-corrected chi connectivity index (χ2v) is 4.39. The lowest BCUT2D eigenvalue weighted by Crippen LogP contribution is -2.37. The maximum absolute atomic E-state index is 11.8. The fraction of sp³-hybridized carbons (Fsp3) is 0.462. The first-order chi connectivity index (χ1) is 7.66. The lowest BCUT2D eigenvalue weighted by atomic mass is 9.99. The number of nitrogens with zero attached hydrogens (tertiary/aromatic N) is 1.